The second-order valence-electron chi connectivity index (χ2n) is 3.77. The Hall–Kier alpha value is -1.38. The lowest BCUT2D eigenvalue weighted by Crippen LogP contribution is -2.35. The van der Waals surface area contributed by atoms with Crippen molar-refractivity contribution in [2.24, 2.45) is 0 Å². The van der Waals surface area contributed by atoms with E-state index < -0.39 is 0 Å². The fourth-order valence-corrected chi connectivity index (χ4v) is 1.83. The van der Waals surface area contributed by atoms with Crippen LogP contribution >= 0.6 is 0 Å². The summed E-state index contributed by atoms with van der Waals surface area (Å²) >= 11 is 0. The minimum Gasteiger partial charge on any atom is -0.339 e. The zero-order chi connectivity index (χ0) is 10.7. The molecule has 0 atom stereocenters. The fourth-order valence-electron chi connectivity index (χ4n) is 1.83. The van der Waals surface area contributed by atoms with Crippen LogP contribution in [-0.4, -0.2) is 23.9 Å². The first-order valence-corrected chi connectivity index (χ1v) is 5.24. The molecule has 1 aliphatic rings. The number of hydrogen-bond donors (Lipinski definition) is 0. The number of amides is 1. The van der Waals surface area contributed by atoms with Gasteiger partial charge in [-0.1, -0.05) is 6.07 Å². The van der Waals surface area contributed by atoms with Crippen molar-refractivity contribution in [3.05, 3.63) is 35.6 Å². The Balaban J connectivity index is 2.12. The molecular formula is C12H13FNO. The molecule has 3 heteroatoms. The topological polar surface area (TPSA) is 20.3 Å². The van der Waals surface area contributed by atoms with Crippen molar-refractivity contribution in [2.75, 3.05) is 13.1 Å². The number of nitrogens with zero attached hydrogens (tertiary/aromatic N) is 1. The Morgan fingerprint density at radius 3 is 2.73 bits per heavy atom. The van der Waals surface area contributed by atoms with Gasteiger partial charge in [0.1, 0.15) is 5.82 Å². The van der Waals surface area contributed by atoms with E-state index in [2.05, 4.69) is 6.07 Å². The van der Waals surface area contributed by atoms with Gasteiger partial charge in [0.25, 0.3) is 5.91 Å². The Morgan fingerprint density at radius 1 is 1.33 bits per heavy atom. The SMILES string of the molecule is O=C(c1[c]ccc(F)c1)N1CCCCC1. The number of carbonyl (C=O) groups excluding carboxylic acids is 1. The number of hydrogen-bond acceptors (Lipinski definition) is 1. The molecule has 1 heterocycles. The maximum Gasteiger partial charge on any atom is 0.254 e. The summed E-state index contributed by atoms with van der Waals surface area (Å²) in [5.74, 6) is -0.483. The molecule has 1 fully saturated rings. The van der Waals surface area contributed by atoms with E-state index >= 15 is 0 Å². The summed E-state index contributed by atoms with van der Waals surface area (Å²) in [6, 6.07) is 6.77. The average molecular weight is 206 g/mol. The minimum atomic E-state index is -0.380. The third-order valence-electron chi connectivity index (χ3n) is 2.64. The summed E-state index contributed by atoms with van der Waals surface area (Å²) < 4.78 is 12.9. The summed E-state index contributed by atoms with van der Waals surface area (Å²) in [4.78, 5) is 13.7. The normalized spacial score (nSPS) is 16.5. The van der Waals surface area contributed by atoms with Crippen molar-refractivity contribution in [1.82, 2.24) is 4.90 Å². The lowest BCUT2D eigenvalue weighted by Gasteiger charge is -2.26. The molecule has 15 heavy (non-hydrogen) atoms. The van der Waals surface area contributed by atoms with Gasteiger partial charge in [0.15, 0.2) is 0 Å². The molecule has 1 aliphatic heterocycles. The maximum absolute atomic E-state index is 12.9. The van der Waals surface area contributed by atoms with Crippen LogP contribution in [0.15, 0.2) is 18.2 Å². The van der Waals surface area contributed by atoms with Gasteiger partial charge >= 0.3 is 0 Å². The van der Waals surface area contributed by atoms with Crippen LogP contribution in [0.3, 0.4) is 0 Å². The van der Waals surface area contributed by atoms with Gasteiger partial charge in [-0.15, -0.1) is 0 Å². The molecule has 0 aliphatic carbocycles. The summed E-state index contributed by atoms with van der Waals surface area (Å²) in [5.41, 5.74) is 0.330. The first kappa shape index (κ1) is 10.1. The number of carbonyl (C=O) groups is 1. The summed E-state index contributed by atoms with van der Waals surface area (Å²) in [5, 5.41) is 0. The first-order valence-electron chi connectivity index (χ1n) is 5.24. The molecule has 0 unspecified atom stereocenters. The van der Waals surface area contributed by atoms with Gasteiger partial charge in [-0.3, -0.25) is 4.79 Å². The van der Waals surface area contributed by atoms with Gasteiger partial charge in [0.2, 0.25) is 0 Å². The Morgan fingerprint density at radius 2 is 2.07 bits per heavy atom. The van der Waals surface area contributed by atoms with Gasteiger partial charge < -0.3 is 4.90 Å². The predicted molar refractivity (Wildman–Crippen MR) is 55.0 cm³/mol. The van der Waals surface area contributed by atoms with E-state index in [9.17, 15) is 9.18 Å². The van der Waals surface area contributed by atoms with Crippen molar-refractivity contribution in [3.63, 3.8) is 0 Å². The molecule has 0 spiro atoms. The van der Waals surface area contributed by atoms with E-state index in [0.717, 1.165) is 25.9 Å². The van der Waals surface area contributed by atoms with Crippen molar-refractivity contribution in [1.29, 1.82) is 0 Å². The number of benzene rings is 1. The van der Waals surface area contributed by atoms with E-state index in [-0.39, 0.29) is 11.7 Å². The standard InChI is InChI=1S/C12H13FNO/c13-11-6-4-5-10(9-11)12(15)14-7-2-1-3-8-14/h4,6,9H,1-3,7-8H2. The second kappa shape index (κ2) is 4.43. The van der Waals surface area contributed by atoms with Crippen LogP contribution in [0.2, 0.25) is 0 Å². The Kier molecular flexibility index (Phi) is 2.99. The highest BCUT2D eigenvalue weighted by Crippen LogP contribution is 2.13. The second-order valence-corrected chi connectivity index (χ2v) is 3.77. The molecular weight excluding hydrogens is 193 g/mol. The maximum atomic E-state index is 12.9. The van der Waals surface area contributed by atoms with Crippen molar-refractivity contribution < 1.29 is 9.18 Å². The molecule has 79 valence electrons. The molecule has 1 aromatic carbocycles. The van der Waals surface area contributed by atoms with Crippen LogP contribution < -0.4 is 0 Å². The summed E-state index contributed by atoms with van der Waals surface area (Å²) in [7, 11) is 0. The Bertz CT molecular complexity index is 358. The molecule has 1 amide bonds. The molecule has 0 N–H and O–H groups in total. The number of halogens is 1. The monoisotopic (exact) mass is 206 g/mol. The third-order valence-corrected chi connectivity index (χ3v) is 2.64. The molecule has 0 aromatic heterocycles. The van der Waals surface area contributed by atoms with Crippen LogP contribution in [0.25, 0.3) is 0 Å². The minimum absolute atomic E-state index is 0.103. The number of rotatable bonds is 1. The number of piperidine rings is 1. The zero-order valence-corrected chi connectivity index (χ0v) is 8.50. The highest BCUT2D eigenvalue weighted by Gasteiger charge is 2.18. The van der Waals surface area contributed by atoms with E-state index in [4.69, 9.17) is 0 Å². The largest absolute Gasteiger partial charge is 0.339 e. The van der Waals surface area contributed by atoms with Gasteiger partial charge in [-0.2, -0.15) is 0 Å². The van der Waals surface area contributed by atoms with Crippen LogP contribution in [0.5, 0.6) is 0 Å². The van der Waals surface area contributed by atoms with Crippen molar-refractivity contribution in [3.8, 4) is 0 Å². The molecule has 0 saturated carbocycles. The average Bonchev–Trinajstić information content (AvgIpc) is 2.29. The molecule has 0 bridgehead atoms. The smallest absolute Gasteiger partial charge is 0.254 e. The lowest BCUT2D eigenvalue weighted by molar-refractivity contribution is 0.0723. The summed E-state index contributed by atoms with van der Waals surface area (Å²) in [6.45, 7) is 1.56. The Labute approximate surface area is 88.7 Å². The molecule has 2 rings (SSSR count). The zero-order valence-electron chi connectivity index (χ0n) is 8.50. The van der Waals surface area contributed by atoms with Gasteiger partial charge in [-0.25, -0.2) is 4.39 Å². The van der Waals surface area contributed by atoms with Crippen LogP contribution in [0, 0.1) is 11.9 Å². The van der Waals surface area contributed by atoms with Gasteiger partial charge in [-0.05, 0) is 37.5 Å². The van der Waals surface area contributed by atoms with Gasteiger partial charge in [0.05, 0.1) is 5.56 Å². The quantitative estimate of drug-likeness (QED) is 0.690. The van der Waals surface area contributed by atoms with Crippen LogP contribution in [0.4, 0.5) is 4.39 Å². The van der Waals surface area contributed by atoms with Crippen molar-refractivity contribution in [2.45, 2.75) is 19.3 Å². The third kappa shape index (κ3) is 2.35. The molecule has 2 nitrogen and oxygen atoms in total. The van der Waals surface area contributed by atoms with Gasteiger partial charge in [0, 0.05) is 13.1 Å². The van der Waals surface area contributed by atoms with E-state index in [1.807, 2.05) is 0 Å². The first-order chi connectivity index (χ1) is 7.27. The molecule has 1 aromatic rings. The van der Waals surface area contributed by atoms with E-state index in [1.165, 1.54) is 24.6 Å². The highest BCUT2D eigenvalue weighted by molar-refractivity contribution is 5.93. The highest BCUT2D eigenvalue weighted by atomic mass is 19.1. The fraction of sp³-hybridized carbons (Fsp3) is 0.417. The van der Waals surface area contributed by atoms with Crippen molar-refractivity contribution >= 4 is 5.91 Å². The van der Waals surface area contributed by atoms with Crippen LogP contribution in [0.1, 0.15) is 29.6 Å². The predicted octanol–water partition coefficient (Wildman–Crippen LogP) is 2.25. The molecule has 1 saturated heterocycles. The number of likely N-dealkylation sites (tertiary alicyclic amines) is 1. The lowest BCUT2D eigenvalue weighted by atomic mass is 10.1. The molecule has 1 radical (unpaired) electrons. The van der Waals surface area contributed by atoms with E-state index in [1.54, 1.807) is 4.90 Å². The summed E-state index contributed by atoms with van der Waals surface area (Å²) in [6.07, 6.45) is 3.26. The van der Waals surface area contributed by atoms with E-state index in [0.29, 0.717) is 5.56 Å². The van der Waals surface area contributed by atoms with Crippen LogP contribution in [-0.2, 0) is 0 Å².